The Hall–Kier alpha value is -4.15. The molecule has 0 bridgehead atoms. The summed E-state index contributed by atoms with van der Waals surface area (Å²) in [4.78, 5) is 25.8. The zero-order chi connectivity index (χ0) is 24.6. The van der Waals surface area contributed by atoms with Gasteiger partial charge in [-0.1, -0.05) is 12.1 Å². The summed E-state index contributed by atoms with van der Waals surface area (Å²) in [5.41, 5.74) is 3.03. The molecule has 0 aliphatic heterocycles. The Morgan fingerprint density at radius 3 is 2.66 bits per heavy atom. The van der Waals surface area contributed by atoms with Gasteiger partial charge in [-0.15, -0.1) is 10.2 Å². The lowest BCUT2D eigenvalue weighted by Gasteiger charge is -2.18. The van der Waals surface area contributed by atoms with Crippen molar-refractivity contribution in [2.24, 2.45) is 0 Å². The van der Waals surface area contributed by atoms with Crippen LogP contribution < -0.4 is 5.32 Å². The molecule has 4 aromatic heterocycles. The molecule has 1 saturated carbocycles. The average molecular weight is 479 g/mol. The predicted molar refractivity (Wildman–Crippen MR) is 121 cm³/mol. The van der Waals surface area contributed by atoms with Gasteiger partial charge in [0.1, 0.15) is 29.6 Å². The van der Waals surface area contributed by atoms with Crippen LogP contribution in [0, 0.1) is 0 Å². The summed E-state index contributed by atoms with van der Waals surface area (Å²) >= 11 is 0. The van der Waals surface area contributed by atoms with Crippen molar-refractivity contribution in [3.8, 4) is 22.6 Å². The minimum atomic E-state index is -4.48. The van der Waals surface area contributed by atoms with Crippen molar-refractivity contribution >= 4 is 11.7 Å². The third-order valence-electron chi connectivity index (χ3n) is 5.79. The van der Waals surface area contributed by atoms with Crippen molar-refractivity contribution in [2.75, 3.05) is 5.32 Å². The lowest BCUT2D eigenvalue weighted by Crippen LogP contribution is -2.24. The van der Waals surface area contributed by atoms with Crippen molar-refractivity contribution in [2.45, 2.75) is 37.9 Å². The Morgan fingerprint density at radius 2 is 1.94 bits per heavy atom. The number of hydrogen-bond acceptors (Lipinski definition) is 6. The number of anilines is 1. The van der Waals surface area contributed by atoms with Gasteiger partial charge in [-0.2, -0.15) is 13.2 Å². The number of hydrogen-bond donors (Lipinski definition) is 1. The number of amides is 1. The number of pyridine rings is 3. The Kier molecular flexibility index (Phi) is 5.75. The number of nitrogens with zero attached hydrogens (tertiary/aromatic N) is 6. The van der Waals surface area contributed by atoms with Gasteiger partial charge in [-0.25, -0.2) is 4.98 Å². The van der Waals surface area contributed by atoms with Crippen molar-refractivity contribution < 1.29 is 18.0 Å². The first-order chi connectivity index (χ1) is 16.8. The van der Waals surface area contributed by atoms with Crippen molar-refractivity contribution in [3.63, 3.8) is 0 Å². The van der Waals surface area contributed by atoms with E-state index in [4.69, 9.17) is 0 Å². The van der Waals surface area contributed by atoms with Gasteiger partial charge in [0.05, 0.1) is 0 Å². The van der Waals surface area contributed by atoms with Crippen LogP contribution in [-0.4, -0.2) is 41.8 Å². The highest BCUT2D eigenvalue weighted by Crippen LogP contribution is 2.39. The molecule has 0 radical (unpaired) electrons. The molecule has 35 heavy (non-hydrogen) atoms. The number of carbonyl (C=O) groups is 1. The molecule has 1 N–H and O–H groups in total. The van der Waals surface area contributed by atoms with Gasteiger partial charge in [-0.3, -0.25) is 14.8 Å². The van der Waals surface area contributed by atoms with Gasteiger partial charge in [0.15, 0.2) is 5.82 Å². The Bertz CT molecular complexity index is 1360. The Labute approximate surface area is 198 Å². The SMILES string of the molecule is C[C@@H](n1cnnc1-c1cccc(NC(=O)c2cc(-c3ccc(C4CC4)nc3)ccn2)n1)C(F)(F)F. The standard InChI is InChI=1S/C24H20F3N7O/c1-14(24(25,26)27)34-13-30-33-22(34)19-3-2-4-21(31-19)32-23(35)20-11-16(9-10-28-20)17-7-8-18(29-12-17)15-5-6-15/h2-4,7-15H,5-6H2,1H3,(H,31,32,35)/t14-/m1/s1. The highest BCUT2D eigenvalue weighted by molar-refractivity contribution is 6.03. The second-order valence-electron chi connectivity index (χ2n) is 8.32. The van der Waals surface area contributed by atoms with Crippen LogP contribution in [0.1, 0.15) is 47.9 Å². The number of halogens is 3. The molecular formula is C24H20F3N7O. The quantitative estimate of drug-likeness (QED) is 0.416. The van der Waals surface area contributed by atoms with E-state index in [1.54, 1.807) is 24.4 Å². The highest BCUT2D eigenvalue weighted by atomic mass is 19.4. The van der Waals surface area contributed by atoms with Crippen LogP contribution in [0.3, 0.4) is 0 Å². The van der Waals surface area contributed by atoms with Crippen LogP contribution in [0.4, 0.5) is 19.0 Å². The zero-order valence-corrected chi connectivity index (χ0v) is 18.6. The minimum Gasteiger partial charge on any atom is -0.305 e. The highest BCUT2D eigenvalue weighted by Gasteiger charge is 2.38. The van der Waals surface area contributed by atoms with Crippen LogP contribution in [0.15, 0.2) is 61.2 Å². The van der Waals surface area contributed by atoms with E-state index in [9.17, 15) is 18.0 Å². The average Bonchev–Trinajstić information content (AvgIpc) is 3.59. The lowest BCUT2D eigenvalue weighted by molar-refractivity contribution is -0.162. The summed E-state index contributed by atoms with van der Waals surface area (Å²) in [6.45, 7) is 1.01. The molecule has 178 valence electrons. The fraction of sp³-hybridized carbons (Fsp3) is 0.250. The smallest absolute Gasteiger partial charge is 0.305 e. The van der Waals surface area contributed by atoms with Crippen LogP contribution >= 0.6 is 0 Å². The molecule has 0 unspecified atom stereocenters. The summed E-state index contributed by atoms with van der Waals surface area (Å²) in [6.07, 6.45) is 2.18. The molecule has 1 fully saturated rings. The van der Waals surface area contributed by atoms with Crippen LogP contribution in [-0.2, 0) is 0 Å². The van der Waals surface area contributed by atoms with E-state index in [1.165, 1.54) is 31.2 Å². The maximum Gasteiger partial charge on any atom is 0.408 e. The normalized spacial score (nSPS) is 14.5. The lowest BCUT2D eigenvalue weighted by atomic mass is 10.1. The minimum absolute atomic E-state index is 0.0619. The molecular weight excluding hydrogens is 459 g/mol. The molecule has 0 spiro atoms. The number of alkyl halides is 3. The third-order valence-corrected chi connectivity index (χ3v) is 5.79. The van der Waals surface area contributed by atoms with Gasteiger partial charge in [-0.05, 0) is 55.7 Å². The Balaban J connectivity index is 1.35. The van der Waals surface area contributed by atoms with E-state index < -0.39 is 18.1 Å². The van der Waals surface area contributed by atoms with Crippen molar-refractivity contribution in [3.05, 3.63) is 72.6 Å². The zero-order valence-electron chi connectivity index (χ0n) is 18.6. The van der Waals surface area contributed by atoms with Crippen LogP contribution in [0.25, 0.3) is 22.6 Å². The molecule has 4 aromatic rings. The monoisotopic (exact) mass is 479 g/mol. The van der Waals surface area contributed by atoms with Gasteiger partial charge in [0, 0.05) is 29.6 Å². The second-order valence-corrected chi connectivity index (χ2v) is 8.32. The first-order valence-electron chi connectivity index (χ1n) is 11.0. The Morgan fingerprint density at radius 1 is 1.11 bits per heavy atom. The van der Waals surface area contributed by atoms with E-state index in [0.29, 0.717) is 5.92 Å². The number of nitrogens with one attached hydrogen (secondary N) is 1. The first kappa shape index (κ1) is 22.6. The molecule has 0 saturated heterocycles. The fourth-order valence-electron chi connectivity index (χ4n) is 3.61. The van der Waals surface area contributed by atoms with E-state index in [2.05, 4.69) is 30.5 Å². The maximum absolute atomic E-state index is 13.2. The van der Waals surface area contributed by atoms with E-state index >= 15 is 0 Å². The molecule has 1 atom stereocenters. The number of carbonyl (C=O) groups excluding carboxylic acids is 1. The first-order valence-corrected chi connectivity index (χ1v) is 11.0. The molecule has 0 aromatic carbocycles. The maximum atomic E-state index is 13.2. The van der Waals surface area contributed by atoms with E-state index in [0.717, 1.165) is 34.6 Å². The largest absolute Gasteiger partial charge is 0.408 e. The summed E-state index contributed by atoms with van der Waals surface area (Å²) in [7, 11) is 0. The summed E-state index contributed by atoms with van der Waals surface area (Å²) in [5.74, 6) is 0.123. The van der Waals surface area contributed by atoms with Crippen molar-refractivity contribution in [1.29, 1.82) is 0 Å². The summed E-state index contributed by atoms with van der Waals surface area (Å²) in [5, 5.41) is 10.0. The van der Waals surface area contributed by atoms with Gasteiger partial charge < -0.3 is 9.88 Å². The molecule has 1 aliphatic rings. The molecule has 5 rings (SSSR count). The molecule has 4 heterocycles. The van der Waals surface area contributed by atoms with Gasteiger partial charge >= 0.3 is 6.18 Å². The summed E-state index contributed by atoms with van der Waals surface area (Å²) < 4.78 is 40.5. The predicted octanol–water partition coefficient (Wildman–Crippen LogP) is 5.05. The molecule has 1 aliphatic carbocycles. The van der Waals surface area contributed by atoms with Crippen molar-refractivity contribution in [1.82, 2.24) is 29.7 Å². The van der Waals surface area contributed by atoms with Gasteiger partial charge in [0.25, 0.3) is 5.91 Å². The third kappa shape index (κ3) is 4.88. The molecule has 1 amide bonds. The fourth-order valence-corrected chi connectivity index (χ4v) is 3.61. The summed E-state index contributed by atoms with van der Waals surface area (Å²) in [6, 6.07) is 10.2. The molecule has 8 nitrogen and oxygen atoms in total. The topological polar surface area (TPSA) is 98.5 Å². The number of rotatable bonds is 6. The number of aromatic nitrogens is 6. The second kappa shape index (κ2) is 8.90. The van der Waals surface area contributed by atoms with Crippen LogP contribution in [0.5, 0.6) is 0 Å². The molecule has 11 heteroatoms. The van der Waals surface area contributed by atoms with E-state index in [1.807, 2.05) is 12.1 Å². The van der Waals surface area contributed by atoms with E-state index in [-0.39, 0.29) is 23.0 Å². The van der Waals surface area contributed by atoms with Gasteiger partial charge in [0.2, 0.25) is 0 Å². The van der Waals surface area contributed by atoms with Crippen LogP contribution in [0.2, 0.25) is 0 Å².